The molecule has 0 saturated heterocycles. The Morgan fingerprint density at radius 2 is 1.68 bits per heavy atom. The molecule has 0 unspecified atom stereocenters. The normalized spacial score (nSPS) is 10.3. The summed E-state index contributed by atoms with van der Waals surface area (Å²) in [5.41, 5.74) is 0.726. The number of nitrogens with one attached hydrogen (secondary N) is 2. The number of carbonyl (C=O) groups is 1. The first-order valence-electron chi connectivity index (χ1n) is 8.69. The van der Waals surface area contributed by atoms with Gasteiger partial charge in [0.25, 0.3) is 0 Å². The van der Waals surface area contributed by atoms with Crippen LogP contribution in [-0.4, -0.2) is 32.2 Å². The minimum absolute atomic E-state index is 0.0549. The summed E-state index contributed by atoms with van der Waals surface area (Å²) in [7, 11) is 0. The number of hydrogen-bond donors (Lipinski definition) is 2. The quantitative estimate of drug-likeness (QED) is 0.614. The molecule has 5 heteroatoms. The second-order valence-electron chi connectivity index (χ2n) is 5.62. The lowest BCUT2D eigenvalue weighted by atomic mass is 10.3. The van der Waals surface area contributed by atoms with Crippen molar-refractivity contribution in [2.75, 3.05) is 31.6 Å². The van der Waals surface area contributed by atoms with Crippen LogP contribution in [0.5, 0.6) is 11.5 Å². The van der Waals surface area contributed by atoms with E-state index in [0.717, 1.165) is 30.8 Å². The van der Waals surface area contributed by atoms with Crippen LogP contribution in [0.2, 0.25) is 0 Å². The van der Waals surface area contributed by atoms with Crippen LogP contribution in [0.1, 0.15) is 19.8 Å². The molecule has 0 atom stereocenters. The summed E-state index contributed by atoms with van der Waals surface area (Å²) < 4.78 is 11.3. The van der Waals surface area contributed by atoms with Gasteiger partial charge in [0, 0.05) is 11.8 Å². The van der Waals surface area contributed by atoms with Crippen LogP contribution in [0.3, 0.4) is 0 Å². The zero-order valence-electron chi connectivity index (χ0n) is 14.7. The van der Waals surface area contributed by atoms with Crippen molar-refractivity contribution in [3.05, 3.63) is 54.6 Å². The van der Waals surface area contributed by atoms with E-state index in [1.54, 1.807) is 0 Å². The highest BCUT2D eigenvalue weighted by Crippen LogP contribution is 2.17. The molecule has 0 aromatic heterocycles. The first-order chi connectivity index (χ1) is 12.3. The molecular weight excluding hydrogens is 316 g/mol. The number of amides is 1. The lowest BCUT2D eigenvalue weighted by Crippen LogP contribution is -2.28. The minimum Gasteiger partial charge on any atom is -0.490 e. The fourth-order valence-corrected chi connectivity index (χ4v) is 2.21. The molecule has 0 bridgehead atoms. The highest BCUT2D eigenvalue weighted by atomic mass is 16.5. The number of carbonyl (C=O) groups excluding carboxylic acids is 1. The van der Waals surface area contributed by atoms with Crippen LogP contribution in [0.15, 0.2) is 54.6 Å². The van der Waals surface area contributed by atoms with Gasteiger partial charge in [-0.15, -0.1) is 0 Å². The van der Waals surface area contributed by atoms with Crippen molar-refractivity contribution in [3.63, 3.8) is 0 Å². The Balaban J connectivity index is 1.70. The highest BCUT2D eigenvalue weighted by Gasteiger charge is 2.03. The molecule has 134 valence electrons. The predicted octanol–water partition coefficient (Wildman–Crippen LogP) is 3.47. The van der Waals surface area contributed by atoms with Crippen LogP contribution in [0.25, 0.3) is 0 Å². The monoisotopic (exact) mass is 342 g/mol. The van der Waals surface area contributed by atoms with E-state index in [0.29, 0.717) is 25.5 Å². The number of hydrogen-bond acceptors (Lipinski definition) is 4. The standard InChI is InChI=1S/C20H26N2O3/c1-2-3-12-21-16-20(23)22-17-8-7-11-19(15-17)25-14-13-24-18-9-5-4-6-10-18/h4-11,15,21H,2-3,12-14,16H2,1H3,(H,22,23). The number of ether oxygens (including phenoxy) is 2. The third kappa shape index (κ3) is 7.72. The van der Waals surface area contributed by atoms with Gasteiger partial charge in [0.15, 0.2) is 0 Å². The molecular formula is C20H26N2O3. The van der Waals surface area contributed by atoms with Gasteiger partial charge in [0.05, 0.1) is 6.54 Å². The van der Waals surface area contributed by atoms with E-state index in [4.69, 9.17) is 9.47 Å². The summed E-state index contributed by atoms with van der Waals surface area (Å²) in [5.74, 6) is 1.47. The van der Waals surface area contributed by atoms with Gasteiger partial charge >= 0.3 is 0 Å². The Bertz CT molecular complexity index is 632. The molecule has 2 aromatic rings. The smallest absolute Gasteiger partial charge is 0.238 e. The van der Waals surface area contributed by atoms with E-state index >= 15 is 0 Å². The molecule has 0 radical (unpaired) electrons. The maximum Gasteiger partial charge on any atom is 0.238 e. The summed E-state index contributed by atoms with van der Waals surface area (Å²) >= 11 is 0. The lowest BCUT2D eigenvalue weighted by Gasteiger charge is -2.10. The Morgan fingerprint density at radius 1 is 0.960 bits per heavy atom. The summed E-state index contributed by atoms with van der Waals surface area (Å²) in [6, 6.07) is 17.0. The summed E-state index contributed by atoms with van der Waals surface area (Å²) in [6.45, 7) is 4.19. The van der Waals surface area contributed by atoms with Crippen molar-refractivity contribution in [2.45, 2.75) is 19.8 Å². The van der Waals surface area contributed by atoms with Gasteiger partial charge in [-0.05, 0) is 37.2 Å². The second-order valence-corrected chi connectivity index (χ2v) is 5.62. The van der Waals surface area contributed by atoms with E-state index in [1.807, 2.05) is 54.6 Å². The van der Waals surface area contributed by atoms with Gasteiger partial charge in [-0.25, -0.2) is 0 Å². The minimum atomic E-state index is -0.0549. The summed E-state index contributed by atoms with van der Waals surface area (Å²) in [6.07, 6.45) is 2.18. The number of anilines is 1. The SMILES string of the molecule is CCCCNCC(=O)Nc1cccc(OCCOc2ccccc2)c1. The van der Waals surface area contributed by atoms with Gasteiger partial charge in [0.2, 0.25) is 5.91 Å². The van der Waals surface area contributed by atoms with Crippen molar-refractivity contribution < 1.29 is 14.3 Å². The van der Waals surface area contributed by atoms with Gasteiger partial charge in [-0.2, -0.15) is 0 Å². The summed E-state index contributed by atoms with van der Waals surface area (Å²) in [5, 5.41) is 5.98. The van der Waals surface area contributed by atoms with Crippen LogP contribution in [0, 0.1) is 0 Å². The van der Waals surface area contributed by atoms with Crippen molar-refractivity contribution in [2.24, 2.45) is 0 Å². The molecule has 0 spiro atoms. The Hall–Kier alpha value is -2.53. The van der Waals surface area contributed by atoms with E-state index in [-0.39, 0.29) is 5.91 Å². The largest absolute Gasteiger partial charge is 0.490 e. The summed E-state index contributed by atoms with van der Waals surface area (Å²) in [4.78, 5) is 11.9. The van der Waals surface area contributed by atoms with E-state index in [9.17, 15) is 4.79 Å². The topological polar surface area (TPSA) is 59.6 Å². The zero-order chi connectivity index (χ0) is 17.7. The highest BCUT2D eigenvalue weighted by molar-refractivity contribution is 5.92. The Labute approximate surface area is 149 Å². The van der Waals surface area contributed by atoms with E-state index < -0.39 is 0 Å². The van der Waals surface area contributed by atoms with Crippen LogP contribution < -0.4 is 20.1 Å². The molecule has 0 aliphatic heterocycles. The fourth-order valence-electron chi connectivity index (χ4n) is 2.21. The van der Waals surface area contributed by atoms with Crippen LogP contribution in [0.4, 0.5) is 5.69 Å². The van der Waals surface area contributed by atoms with Crippen molar-refractivity contribution in [1.29, 1.82) is 0 Å². The third-order valence-electron chi connectivity index (χ3n) is 3.47. The molecule has 0 aliphatic carbocycles. The van der Waals surface area contributed by atoms with Gasteiger partial charge < -0.3 is 20.1 Å². The molecule has 0 saturated carbocycles. The van der Waals surface area contributed by atoms with Crippen molar-refractivity contribution >= 4 is 11.6 Å². The first kappa shape index (κ1) is 18.8. The van der Waals surface area contributed by atoms with E-state index in [2.05, 4.69) is 17.6 Å². The molecule has 2 N–H and O–H groups in total. The van der Waals surface area contributed by atoms with Gasteiger partial charge in [0.1, 0.15) is 24.7 Å². The predicted molar refractivity (Wildman–Crippen MR) is 100 cm³/mol. The Morgan fingerprint density at radius 3 is 2.44 bits per heavy atom. The van der Waals surface area contributed by atoms with Crippen LogP contribution >= 0.6 is 0 Å². The average molecular weight is 342 g/mol. The second kappa shape index (κ2) is 11.1. The molecule has 0 aliphatic rings. The van der Waals surface area contributed by atoms with Crippen molar-refractivity contribution in [1.82, 2.24) is 5.32 Å². The molecule has 0 heterocycles. The first-order valence-corrected chi connectivity index (χ1v) is 8.69. The molecule has 1 amide bonds. The maximum absolute atomic E-state index is 11.9. The zero-order valence-corrected chi connectivity index (χ0v) is 14.7. The number of rotatable bonds is 11. The van der Waals surface area contributed by atoms with Gasteiger partial charge in [-0.1, -0.05) is 37.6 Å². The number of unbranched alkanes of at least 4 members (excludes halogenated alkanes) is 1. The average Bonchev–Trinajstić information content (AvgIpc) is 2.64. The fraction of sp³-hybridized carbons (Fsp3) is 0.350. The lowest BCUT2D eigenvalue weighted by molar-refractivity contribution is -0.115. The molecule has 2 aromatic carbocycles. The van der Waals surface area contributed by atoms with Crippen molar-refractivity contribution in [3.8, 4) is 11.5 Å². The molecule has 25 heavy (non-hydrogen) atoms. The van der Waals surface area contributed by atoms with E-state index in [1.165, 1.54) is 0 Å². The molecule has 2 rings (SSSR count). The van der Waals surface area contributed by atoms with Crippen LogP contribution in [-0.2, 0) is 4.79 Å². The molecule has 5 nitrogen and oxygen atoms in total. The third-order valence-corrected chi connectivity index (χ3v) is 3.47. The Kier molecular flexibility index (Phi) is 8.35. The number of benzene rings is 2. The number of para-hydroxylation sites is 1. The molecule has 0 fully saturated rings. The van der Waals surface area contributed by atoms with Gasteiger partial charge in [-0.3, -0.25) is 4.79 Å². The maximum atomic E-state index is 11.9.